The summed E-state index contributed by atoms with van der Waals surface area (Å²) in [5.41, 5.74) is 1.25. The van der Waals surface area contributed by atoms with Crippen molar-refractivity contribution in [2.24, 2.45) is 7.05 Å². The summed E-state index contributed by atoms with van der Waals surface area (Å²) in [6.45, 7) is -1.06. The third-order valence-corrected chi connectivity index (χ3v) is 4.69. The molecule has 0 spiro atoms. The Kier molecular flexibility index (Phi) is 5.36. The molecular formula is C17H15F2N3O3S. The van der Waals surface area contributed by atoms with Crippen molar-refractivity contribution in [2.75, 3.05) is 5.75 Å². The highest BCUT2D eigenvalue weighted by molar-refractivity contribution is 7.99. The van der Waals surface area contributed by atoms with Crippen molar-refractivity contribution in [3.05, 3.63) is 47.9 Å². The summed E-state index contributed by atoms with van der Waals surface area (Å²) in [6.07, 6.45) is 1.58. The number of thioether (sulfide) groups is 1. The highest BCUT2D eigenvalue weighted by atomic mass is 32.2. The highest BCUT2D eigenvalue weighted by Gasteiger charge is 2.16. The third-order valence-electron chi connectivity index (χ3n) is 3.67. The molecule has 2 heterocycles. The number of ketones is 1. The van der Waals surface area contributed by atoms with Crippen LogP contribution in [0.4, 0.5) is 8.78 Å². The van der Waals surface area contributed by atoms with Gasteiger partial charge < -0.3 is 13.7 Å². The van der Waals surface area contributed by atoms with Crippen molar-refractivity contribution >= 4 is 17.5 Å². The van der Waals surface area contributed by atoms with E-state index in [1.54, 1.807) is 10.8 Å². The molecule has 3 rings (SSSR count). The zero-order valence-electron chi connectivity index (χ0n) is 14.0. The predicted octanol–water partition coefficient (Wildman–Crippen LogP) is 3.96. The van der Waals surface area contributed by atoms with Gasteiger partial charge in [-0.25, -0.2) is 0 Å². The molecule has 0 atom stereocenters. The van der Waals surface area contributed by atoms with Gasteiger partial charge in [0.05, 0.1) is 17.6 Å². The van der Waals surface area contributed by atoms with Crippen molar-refractivity contribution < 1.29 is 22.7 Å². The molecular weight excluding hydrogens is 364 g/mol. The van der Waals surface area contributed by atoms with Gasteiger partial charge in [0, 0.05) is 12.6 Å². The van der Waals surface area contributed by atoms with Gasteiger partial charge in [0.15, 0.2) is 16.8 Å². The van der Waals surface area contributed by atoms with E-state index in [0.717, 1.165) is 11.3 Å². The molecule has 3 aromatic rings. The Morgan fingerprint density at radius 2 is 2.00 bits per heavy atom. The monoisotopic (exact) mass is 379 g/mol. The highest BCUT2D eigenvalue weighted by Crippen LogP contribution is 2.26. The number of benzene rings is 1. The van der Waals surface area contributed by atoms with Gasteiger partial charge >= 0.3 is 6.61 Å². The number of halogens is 2. The van der Waals surface area contributed by atoms with Crippen LogP contribution in [0.25, 0.3) is 11.4 Å². The molecule has 0 N–H and O–H groups in total. The van der Waals surface area contributed by atoms with Gasteiger partial charge in [-0.3, -0.25) is 4.79 Å². The summed E-state index contributed by atoms with van der Waals surface area (Å²) in [6, 6.07) is 7.40. The van der Waals surface area contributed by atoms with Crippen molar-refractivity contribution in [1.29, 1.82) is 0 Å². The Morgan fingerprint density at radius 1 is 1.27 bits per heavy atom. The van der Waals surface area contributed by atoms with E-state index in [4.69, 9.17) is 4.42 Å². The minimum absolute atomic E-state index is 0.0117. The lowest BCUT2D eigenvalue weighted by Crippen LogP contribution is -2.05. The van der Waals surface area contributed by atoms with Crippen molar-refractivity contribution in [3.63, 3.8) is 0 Å². The number of hydrogen-bond acceptors (Lipinski definition) is 6. The predicted molar refractivity (Wildman–Crippen MR) is 91.6 cm³/mol. The van der Waals surface area contributed by atoms with Crippen LogP contribution in [0.3, 0.4) is 0 Å². The molecule has 0 saturated carbocycles. The van der Waals surface area contributed by atoms with Crippen LogP contribution in [0.15, 0.2) is 46.2 Å². The van der Waals surface area contributed by atoms with E-state index in [-0.39, 0.29) is 17.3 Å². The Morgan fingerprint density at radius 3 is 2.62 bits per heavy atom. The van der Waals surface area contributed by atoms with Gasteiger partial charge in [-0.2, -0.15) is 8.78 Å². The number of furan rings is 1. The van der Waals surface area contributed by atoms with Crippen molar-refractivity contribution in [1.82, 2.24) is 14.8 Å². The molecule has 26 heavy (non-hydrogen) atoms. The fourth-order valence-electron chi connectivity index (χ4n) is 2.33. The van der Waals surface area contributed by atoms with Crippen molar-refractivity contribution in [3.8, 4) is 17.1 Å². The fourth-order valence-corrected chi connectivity index (χ4v) is 3.13. The molecule has 0 unspecified atom stereocenters. The summed E-state index contributed by atoms with van der Waals surface area (Å²) >= 11 is 1.25. The minimum atomic E-state index is -2.89. The first-order valence-electron chi connectivity index (χ1n) is 7.60. The molecule has 0 bridgehead atoms. The summed E-state index contributed by atoms with van der Waals surface area (Å²) in [7, 11) is 1.81. The SMILES string of the molecule is Cc1occc1-c1nnc(SCC(=O)c2ccc(OC(F)F)cc2)n1C. The molecule has 0 aliphatic heterocycles. The molecule has 2 aromatic heterocycles. The van der Waals surface area contributed by atoms with Crippen LogP contribution in [0.1, 0.15) is 16.1 Å². The molecule has 0 aliphatic carbocycles. The molecule has 0 radical (unpaired) electrons. The third kappa shape index (κ3) is 3.93. The van der Waals surface area contributed by atoms with Crippen LogP contribution in [0, 0.1) is 6.92 Å². The minimum Gasteiger partial charge on any atom is -0.469 e. The van der Waals surface area contributed by atoms with Crippen LogP contribution in [-0.2, 0) is 7.05 Å². The van der Waals surface area contributed by atoms with E-state index >= 15 is 0 Å². The van der Waals surface area contributed by atoms with Gasteiger partial charge in [0.25, 0.3) is 0 Å². The summed E-state index contributed by atoms with van der Waals surface area (Å²) in [4.78, 5) is 12.3. The van der Waals surface area contributed by atoms with E-state index in [2.05, 4.69) is 14.9 Å². The second-order valence-corrected chi connectivity index (χ2v) is 6.31. The number of aryl methyl sites for hydroxylation is 1. The molecule has 6 nitrogen and oxygen atoms in total. The number of ether oxygens (including phenoxy) is 1. The van der Waals surface area contributed by atoms with E-state index in [9.17, 15) is 13.6 Å². The van der Waals surface area contributed by atoms with E-state index in [1.165, 1.54) is 36.0 Å². The van der Waals surface area contributed by atoms with Gasteiger partial charge in [-0.15, -0.1) is 10.2 Å². The molecule has 9 heteroatoms. The van der Waals surface area contributed by atoms with Crippen LogP contribution >= 0.6 is 11.8 Å². The van der Waals surface area contributed by atoms with E-state index in [1.807, 2.05) is 20.0 Å². The number of aromatic nitrogens is 3. The van der Waals surface area contributed by atoms with Gasteiger partial charge in [0.1, 0.15) is 11.5 Å². The molecule has 1 aromatic carbocycles. The normalized spacial score (nSPS) is 11.1. The zero-order valence-corrected chi connectivity index (χ0v) is 14.8. The lowest BCUT2D eigenvalue weighted by molar-refractivity contribution is -0.0498. The fraction of sp³-hybridized carbons (Fsp3) is 0.235. The van der Waals surface area contributed by atoms with Crippen molar-refractivity contribution in [2.45, 2.75) is 18.7 Å². The largest absolute Gasteiger partial charge is 0.469 e. The smallest absolute Gasteiger partial charge is 0.387 e. The lowest BCUT2D eigenvalue weighted by Gasteiger charge is -2.05. The first-order chi connectivity index (χ1) is 12.5. The van der Waals surface area contributed by atoms with Crippen LogP contribution in [0.5, 0.6) is 5.75 Å². The second-order valence-electron chi connectivity index (χ2n) is 5.37. The second kappa shape index (κ2) is 7.69. The van der Waals surface area contributed by atoms with Gasteiger partial charge in [-0.05, 0) is 37.3 Å². The van der Waals surface area contributed by atoms with E-state index < -0.39 is 6.61 Å². The zero-order chi connectivity index (χ0) is 18.7. The first kappa shape index (κ1) is 18.1. The standard InChI is InChI=1S/C17H15F2N3O3S/c1-10-13(7-8-24-10)15-20-21-17(22(15)2)26-9-14(23)11-3-5-12(6-4-11)25-16(18)19/h3-8,16H,9H2,1-2H3. The number of rotatable bonds is 7. The topological polar surface area (TPSA) is 70.2 Å². The van der Waals surface area contributed by atoms with E-state index in [0.29, 0.717) is 16.5 Å². The molecule has 0 fully saturated rings. The Bertz CT molecular complexity index is 906. The quantitative estimate of drug-likeness (QED) is 0.457. The van der Waals surface area contributed by atoms with Crippen LogP contribution in [0.2, 0.25) is 0 Å². The first-order valence-corrected chi connectivity index (χ1v) is 8.59. The average molecular weight is 379 g/mol. The Hall–Kier alpha value is -2.68. The lowest BCUT2D eigenvalue weighted by atomic mass is 10.1. The molecule has 136 valence electrons. The summed E-state index contributed by atoms with van der Waals surface area (Å²) < 4.78 is 35.6. The number of nitrogens with zero attached hydrogens (tertiary/aromatic N) is 3. The maximum absolute atomic E-state index is 12.3. The number of carbonyl (C=O) groups is 1. The number of alkyl halides is 2. The van der Waals surface area contributed by atoms with Crippen LogP contribution < -0.4 is 4.74 Å². The molecule has 0 saturated heterocycles. The van der Waals surface area contributed by atoms with Crippen LogP contribution in [-0.4, -0.2) is 32.9 Å². The van der Waals surface area contributed by atoms with Gasteiger partial charge in [-0.1, -0.05) is 11.8 Å². The Labute approximate surface area is 152 Å². The number of carbonyl (C=O) groups excluding carboxylic acids is 1. The van der Waals surface area contributed by atoms with Gasteiger partial charge in [0.2, 0.25) is 0 Å². The average Bonchev–Trinajstić information content (AvgIpc) is 3.18. The maximum Gasteiger partial charge on any atom is 0.387 e. The number of hydrogen-bond donors (Lipinski definition) is 0. The molecule has 0 amide bonds. The number of Topliss-reactive ketones (excluding diaryl/α,β-unsaturated/α-hetero) is 1. The molecule has 0 aliphatic rings. The summed E-state index contributed by atoms with van der Waals surface area (Å²) in [5.74, 6) is 1.39. The maximum atomic E-state index is 12.3. The Balaban J connectivity index is 1.65. The summed E-state index contributed by atoms with van der Waals surface area (Å²) in [5, 5.41) is 8.84.